The maximum absolute atomic E-state index is 6.36. The minimum Gasteiger partial charge on any atom is -0.321 e. The predicted octanol–water partition coefficient (Wildman–Crippen LogP) is 2.82. The fraction of sp³-hybridized carbons (Fsp3) is 0.538. The van der Waals surface area contributed by atoms with Gasteiger partial charge in [-0.15, -0.1) is 0 Å². The highest BCUT2D eigenvalue weighted by Gasteiger charge is 2.53. The second-order valence-electron chi connectivity index (χ2n) is 4.96. The monoisotopic (exact) mass is 189 g/mol. The van der Waals surface area contributed by atoms with Gasteiger partial charge in [0.15, 0.2) is 0 Å². The van der Waals surface area contributed by atoms with Gasteiger partial charge in [0, 0.05) is 5.54 Å². The summed E-state index contributed by atoms with van der Waals surface area (Å²) < 4.78 is 0. The topological polar surface area (TPSA) is 26.0 Å². The number of hydrogen-bond donors (Lipinski definition) is 1. The van der Waals surface area contributed by atoms with E-state index in [4.69, 9.17) is 5.73 Å². The van der Waals surface area contributed by atoms with Crippen LogP contribution in [0.3, 0.4) is 0 Å². The van der Waals surface area contributed by atoms with Crippen LogP contribution in [0.2, 0.25) is 0 Å². The summed E-state index contributed by atoms with van der Waals surface area (Å²) in [5, 5.41) is 0. The van der Waals surface area contributed by atoms with E-state index in [9.17, 15) is 0 Å². The quantitative estimate of drug-likeness (QED) is 0.760. The van der Waals surface area contributed by atoms with Crippen molar-refractivity contribution in [2.45, 2.75) is 32.7 Å². The Balaban J connectivity index is 2.21. The fourth-order valence-corrected chi connectivity index (χ4v) is 2.33. The van der Waals surface area contributed by atoms with Gasteiger partial charge in [-0.3, -0.25) is 0 Å². The molecule has 0 amide bonds. The van der Waals surface area contributed by atoms with Crippen LogP contribution in [0.5, 0.6) is 0 Å². The van der Waals surface area contributed by atoms with Crippen molar-refractivity contribution in [2.24, 2.45) is 17.6 Å². The molecule has 2 atom stereocenters. The first-order chi connectivity index (χ1) is 6.54. The molecule has 1 fully saturated rings. The standard InChI is InChI=1S/C13H19N/c1-9(2)12-8-13(12,14)11-6-4-10(3)5-7-11/h4-7,9,12H,8,14H2,1-3H3. The van der Waals surface area contributed by atoms with Gasteiger partial charge in [-0.25, -0.2) is 0 Å². The summed E-state index contributed by atoms with van der Waals surface area (Å²) in [7, 11) is 0. The minimum atomic E-state index is -0.0259. The SMILES string of the molecule is Cc1ccc(C2(N)CC2C(C)C)cc1. The van der Waals surface area contributed by atoms with Gasteiger partial charge >= 0.3 is 0 Å². The third-order valence-corrected chi connectivity index (χ3v) is 3.45. The van der Waals surface area contributed by atoms with E-state index in [1.54, 1.807) is 0 Å². The lowest BCUT2D eigenvalue weighted by Crippen LogP contribution is -2.23. The molecule has 0 aromatic heterocycles. The lowest BCUT2D eigenvalue weighted by Gasteiger charge is -2.14. The zero-order chi connectivity index (χ0) is 10.3. The summed E-state index contributed by atoms with van der Waals surface area (Å²) in [5.41, 5.74) is 8.95. The first kappa shape index (κ1) is 9.72. The van der Waals surface area contributed by atoms with E-state index in [-0.39, 0.29) is 5.54 Å². The summed E-state index contributed by atoms with van der Waals surface area (Å²) in [5.74, 6) is 1.37. The Hall–Kier alpha value is -0.820. The largest absolute Gasteiger partial charge is 0.321 e. The summed E-state index contributed by atoms with van der Waals surface area (Å²) in [6.07, 6.45) is 1.15. The zero-order valence-corrected chi connectivity index (χ0v) is 9.25. The van der Waals surface area contributed by atoms with E-state index in [1.165, 1.54) is 11.1 Å². The van der Waals surface area contributed by atoms with E-state index >= 15 is 0 Å². The molecule has 0 radical (unpaired) electrons. The van der Waals surface area contributed by atoms with Crippen LogP contribution in [0.4, 0.5) is 0 Å². The van der Waals surface area contributed by atoms with Crippen LogP contribution in [0.25, 0.3) is 0 Å². The van der Waals surface area contributed by atoms with E-state index < -0.39 is 0 Å². The van der Waals surface area contributed by atoms with Crippen LogP contribution in [0, 0.1) is 18.8 Å². The second kappa shape index (κ2) is 3.09. The molecule has 1 aliphatic rings. The molecule has 14 heavy (non-hydrogen) atoms. The van der Waals surface area contributed by atoms with Crippen molar-refractivity contribution in [1.82, 2.24) is 0 Å². The highest BCUT2D eigenvalue weighted by atomic mass is 14.9. The Morgan fingerprint density at radius 2 is 1.86 bits per heavy atom. The Morgan fingerprint density at radius 1 is 1.29 bits per heavy atom. The summed E-state index contributed by atoms with van der Waals surface area (Å²) >= 11 is 0. The summed E-state index contributed by atoms with van der Waals surface area (Å²) in [6.45, 7) is 6.63. The van der Waals surface area contributed by atoms with Crippen LogP contribution in [-0.2, 0) is 5.54 Å². The average molecular weight is 189 g/mol. The van der Waals surface area contributed by atoms with E-state index in [0.717, 1.165) is 6.42 Å². The van der Waals surface area contributed by atoms with Gasteiger partial charge in [0.1, 0.15) is 0 Å². The highest BCUT2D eigenvalue weighted by molar-refractivity contribution is 5.34. The van der Waals surface area contributed by atoms with Crippen molar-refractivity contribution in [3.8, 4) is 0 Å². The third kappa shape index (κ3) is 1.46. The Morgan fingerprint density at radius 3 is 2.29 bits per heavy atom. The van der Waals surface area contributed by atoms with E-state index in [1.807, 2.05) is 0 Å². The van der Waals surface area contributed by atoms with Crippen molar-refractivity contribution in [1.29, 1.82) is 0 Å². The van der Waals surface area contributed by atoms with Crippen molar-refractivity contribution < 1.29 is 0 Å². The molecule has 2 N–H and O–H groups in total. The molecule has 0 bridgehead atoms. The average Bonchev–Trinajstić information content (AvgIpc) is 2.80. The summed E-state index contributed by atoms with van der Waals surface area (Å²) in [6, 6.07) is 8.66. The smallest absolute Gasteiger partial charge is 0.0445 e. The molecule has 2 unspecified atom stereocenters. The number of aryl methyl sites for hydroxylation is 1. The molecule has 0 saturated heterocycles. The molecule has 1 nitrogen and oxygen atoms in total. The molecule has 76 valence electrons. The van der Waals surface area contributed by atoms with Crippen LogP contribution >= 0.6 is 0 Å². The van der Waals surface area contributed by atoms with Gasteiger partial charge in [0.25, 0.3) is 0 Å². The molecule has 0 heterocycles. The predicted molar refractivity (Wildman–Crippen MR) is 60.0 cm³/mol. The number of benzene rings is 1. The molecule has 0 spiro atoms. The number of rotatable bonds is 2. The highest BCUT2D eigenvalue weighted by Crippen LogP contribution is 2.53. The van der Waals surface area contributed by atoms with Gasteiger partial charge in [-0.2, -0.15) is 0 Å². The van der Waals surface area contributed by atoms with Gasteiger partial charge < -0.3 is 5.73 Å². The molecular weight excluding hydrogens is 170 g/mol. The van der Waals surface area contributed by atoms with Gasteiger partial charge in [-0.1, -0.05) is 43.7 Å². The minimum absolute atomic E-state index is 0.0259. The maximum Gasteiger partial charge on any atom is 0.0445 e. The van der Waals surface area contributed by atoms with Gasteiger partial charge in [-0.05, 0) is 30.7 Å². The third-order valence-electron chi connectivity index (χ3n) is 3.45. The van der Waals surface area contributed by atoms with Gasteiger partial charge in [0.2, 0.25) is 0 Å². The fourth-order valence-electron chi connectivity index (χ4n) is 2.33. The Bertz CT molecular complexity index is 326. The zero-order valence-electron chi connectivity index (χ0n) is 9.25. The lowest BCUT2D eigenvalue weighted by atomic mass is 9.97. The Labute approximate surface area is 86.3 Å². The molecule has 1 aromatic carbocycles. The molecular formula is C13H19N. The maximum atomic E-state index is 6.36. The molecule has 1 aliphatic carbocycles. The van der Waals surface area contributed by atoms with Crippen LogP contribution in [0.1, 0.15) is 31.4 Å². The van der Waals surface area contributed by atoms with Crippen molar-refractivity contribution in [3.05, 3.63) is 35.4 Å². The van der Waals surface area contributed by atoms with Crippen LogP contribution in [-0.4, -0.2) is 0 Å². The van der Waals surface area contributed by atoms with Crippen molar-refractivity contribution in [3.63, 3.8) is 0 Å². The summed E-state index contributed by atoms with van der Waals surface area (Å²) in [4.78, 5) is 0. The molecule has 1 heteroatoms. The lowest BCUT2D eigenvalue weighted by molar-refractivity contribution is 0.488. The molecule has 1 saturated carbocycles. The Kier molecular flexibility index (Phi) is 2.15. The van der Waals surface area contributed by atoms with E-state index in [0.29, 0.717) is 11.8 Å². The molecule has 2 rings (SSSR count). The van der Waals surface area contributed by atoms with Crippen LogP contribution < -0.4 is 5.73 Å². The molecule has 1 aromatic rings. The first-order valence-electron chi connectivity index (χ1n) is 5.40. The van der Waals surface area contributed by atoms with Crippen LogP contribution in [0.15, 0.2) is 24.3 Å². The first-order valence-corrected chi connectivity index (χ1v) is 5.40. The molecule has 0 aliphatic heterocycles. The number of nitrogens with two attached hydrogens (primary N) is 1. The van der Waals surface area contributed by atoms with Crippen molar-refractivity contribution >= 4 is 0 Å². The normalized spacial score (nSPS) is 30.8. The second-order valence-corrected chi connectivity index (χ2v) is 4.96. The van der Waals surface area contributed by atoms with E-state index in [2.05, 4.69) is 45.0 Å². The van der Waals surface area contributed by atoms with Crippen molar-refractivity contribution in [2.75, 3.05) is 0 Å². The number of hydrogen-bond acceptors (Lipinski definition) is 1. The van der Waals surface area contributed by atoms with Gasteiger partial charge in [0.05, 0.1) is 0 Å².